The highest BCUT2D eigenvalue weighted by Gasteiger charge is 2.23. The Hall–Kier alpha value is -1.16. The summed E-state index contributed by atoms with van der Waals surface area (Å²) in [6.45, 7) is 6.21. The summed E-state index contributed by atoms with van der Waals surface area (Å²) in [6.07, 6.45) is 2.82. The van der Waals surface area contributed by atoms with Crippen molar-refractivity contribution in [3.8, 4) is 0 Å². The van der Waals surface area contributed by atoms with E-state index in [4.69, 9.17) is 5.73 Å². The maximum absolute atomic E-state index is 5.99. The van der Waals surface area contributed by atoms with E-state index in [1.54, 1.807) is 6.20 Å². The van der Waals surface area contributed by atoms with E-state index in [9.17, 15) is 0 Å². The predicted octanol–water partition coefficient (Wildman–Crippen LogP) is 0.959. The Kier molecular flexibility index (Phi) is 2.86. The maximum atomic E-state index is 5.99. The average Bonchev–Trinajstić information content (AvgIpc) is 2.22. The second-order valence-corrected chi connectivity index (χ2v) is 4.47. The average molecular weight is 206 g/mol. The predicted molar refractivity (Wildman–Crippen MR) is 60.7 cm³/mol. The summed E-state index contributed by atoms with van der Waals surface area (Å²) in [4.78, 5) is 2.27. The summed E-state index contributed by atoms with van der Waals surface area (Å²) in [5.41, 5.74) is 7.14. The normalized spacial score (nSPS) is 26.7. The van der Waals surface area contributed by atoms with Crippen LogP contribution in [0.1, 0.15) is 18.9 Å². The number of hydrogen-bond acceptors (Lipinski definition) is 4. The number of piperidine rings is 1. The lowest BCUT2D eigenvalue weighted by Gasteiger charge is -2.35. The molecule has 1 aliphatic heterocycles. The largest absolute Gasteiger partial charge is 0.355 e. The Morgan fingerprint density at radius 1 is 1.53 bits per heavy atom. The highest BCUT2D eigenvalue weighted by Crippen LogP contribution is 2.20. The number of hydrogen-bond donors (Lipinski definition) is 1. The fourth-order valence-electron chi connectivity index (χ4n) is 1.98. The van der Waals surface area contributed by atoms with Crippen LogP contribution < -0.4 is 10.6 Å². The van der Waals surface area contributed by atoms with E-state index in [0.29, 0.717) is 12.0 Å². The standard InChI is InChI=1S/C11H18N4/c1-8-5-11(14-13-6-8)15-4-3-10(12)9(2)7-15/h5-6,9-10H,3-4,7,12H2,1-2H3. The quantitative estimate of drug-likeness (QED) is 0.743. The first kappa shape index (κ1) is 10.4. The molecule has 1 aromatic heterocycles. The summed E-state index contributed by atoms with van der Waals surface area (Å²) < 4.78 is 0. The van der Waals surface area contributed by atoms with Gasteiger partial charge in [0.15, 0.2) is 5.82 Å². The van der Waals surface area contributed by atoms with E-state index in [1.807, 2.05) is 6.92 Å². The minimum atomic E-state index is 0.332. The van der Waals surface area contributed by atoms with Crippen molar-refractivity contribution in [1.82, 2.24) is 10.2 Å². The molecule has 4 nitrogen and oxygen atoms in total. The third-order valence-corrected chi connectivity index (χ3v) is 3.07. The smallest absolute Gasteiger partial charge is 0.151 e. The zero-order chi connectivity index (χ0) is 10.8. The first-order chi connectivity index (χ1) is 7.16. The summed E-state index contributed by atoms with van der Waals surface area (Å²) >= 11 is 0. The lowest BCUT2D eigenvalue weighted by Crippen LogP contribution is -2.46. The van der Waals surface area contributed by atoms with Crippen LogP contribution in [0.15, 0.2) is 12.3 Å². The van der Waals surface area contributed by atoms with Crippen LogP contribution in [0.3, 0.4) is 0 Å². The fraction of sp³-hybridized carbons (Fsp3) is 0.636. The Balaban J connectivity index is 2.12. The van der Waals surface area contributed by atoms with Crippen LogP contribution in [-0.4, -0.2) is 29.3 Å². The van der Waals surface area contributed by atoms with Gasteiger partial charge in [-0.2, -0.15) is 5.10 Å². The van der Waals surface area contributed by atoms with Crippen molar-refractivity contribution >= 4 is 5.82 Å². The molecule has 1 fully saturated rings. The van der Waals surface area contributed by atoms with Crippen molar-refractivity contribution in [3.63, 3.8) is 0 Å². The van der Waals surface area contributed by atoms with Crippen LogP contribution in [0, 0.1) is 12.8 Å². The summed E-state index contributed by atoms with van der Waals surface area (Å²) in [6, 6.07) is 2.41. The first-order valence-corrected chi connectivity index (χ1v) is 5.46. The molecule has 0 aliphatic carbocycles. The van der Waals surface area contributed by atoms with Crippen LogP contribution in [0.5, 0.6) is 0 Å². The van der Waals surface area contributed by atoms with Gasteiger partial charge in [-0.15, -0.1) is 5.10 Å². The summed E-state index contributed by atoms with van der Waals surface area (Å²) in [5.74, 6) is 1.51. The zero-order valence-corrected chi connectivity index (χ0v) is 9.35. The van der Waals surface area contributed by atoms with Crippen LogP contribution in [0.2, 0.25) is 0 Å². The van der Waals surface area contributed by atoms with E-state index in [0.717, 1.165) is 30.9 Å². The van der Waals surface area contributed by atoms with Crippen LogP contribution in [0.4, 0.5) is 5.82 Å². The minimum Gasteiger partial charge on any atom is -0.355 e. The molecule has 1 aromatic rings. The molecule has 2 N–H and O–H groups in total. The summed E-state index contributed by atoms with van der Waals surface area (Å²) in [5, 5.41) is 8.14. The zero-order valence-electron chi connectivity index (χ0n) is 9.35. The van der Waals surface area contributed by atoms with E-state index >= 15 is 0 Å². The van der Waals surface area contributed by atoms with Gasteiger partial charge >= 0.3 is 0 Å². The third-order valence-electron chi connectivity index (χ3n) is 3.07. The first-order valence-electron chi connectivity index (χ1n) is 5.46. The molecule has 0 spiro atoms. The monoisotopic (exact) mass is 206 g/mol. The molecule has 0 saturated carbocycles. The maximum Gasteiger partial charge on any atom is 0.151 e. The molecule has 4 heteroatoms. The van der Waals surface area contributed by atoms with Crippen LogP contribution in [0.25, 0.3) is 0 Å². The van der Waals surface area contributed by atoms with Crippen molar-refractivity contribution in [2.24, 2.45) is 11.7 Å². The van der Waals surface area contributed by atoms with Gasteiger partial charge in [-0.05, 0) is 30.9 Å². The number of nitrogens with two attached hydrogens (primary N) is 1. The van der Waals surface area contributed by atoms with E-state index in [-0.39, 0.29) is 0 Å². The third kappa shape index (κ3) is 2.26. The summed E-state index contributed by atoms with van der Waals surface area (Å²) in [7, 11) is 0. The Bertz CT molecular complexity index is 339. The molecule has 15 heavy (non-hydrogen) atoms. The lowest BCUT2D eigenvalue weighted by atomic mass is 9.95. The van der Waals surface area contributed by atoms with Gasteiger partial charge in [0.05, 0.1) is 6.20 Å². The van der Waals surface area contributed by atoms with E-state index < -0.39 is 0 Å². The second kappa shape index (κ2) is 4.14. The molecule has 0 radical (unpaired) electrons. The number of rotatable bonds is 1. The lowest BCUT2D eigenvalue weighted by molar-refractivity contribution is 0.381. The van der Waals surface area contributed by atoms with Crippen molar-refractivity contribution < 1.29 is 0 Å². The highest BCUT2D eigenvalue weighted by atomic mass is 15.3. The number of aromatic nitrogens is 2. The fourth-order valence-corrected chi connectivity index (χ4v) is 1.98. The van der Waals surface area contributed by atoms with E-state index in [1.165, 1.54) is 0 Å². The SMILES string of the molecule is Cc1cnnc(N2CCC(N)C(C)C2)c1. The highest BCUT2D eigenvalue weighted by molar-refractivity contribution is 5.39. The minimum absolute atomic E-state index is 0.332. The molecule has 1 saturated heterocycles. The Morgan fingerprint density at radius 3 is 3.00 bits per heavy atom. The van der Waals surface area contributed by atoms with Crippen molar-refractivity contribution in [2.45, 2.75) is 26.3 Å². The molecule has 2 rings (SSSR count). The topological polar surface area (TPSA) is 55.0 Å². The molecular formula is C11H18N4. The van der Waals surface area contributed by atoms with Crippen LogP contribution >= 0.6 is 0 Å². The molecular weight excluding hydrogens is 188 g/mol. The number of anilines is 1. The van der Waals surface area contributed by atoms with Crippen LogP contribution in [-0.2, 0) is 0 Å². The van der Waals surface area contributed by atoms with Gasteiger partial charge in [0.1, 0.15) is 0 Å². The van der Waals surface area contributed by atoms with Gasteiger partial charge in [0.2, 0.25) is 0 Å². The van der Waals surface area contributed by atoms with Crippen molar-refractivity contribution in [2.75, 3.05) is 18.0 Å². The molecule has 2 unspecified atom stereocenters. The van der Waals surface area contributed by atoms with E-state index in [2.05, 4.69) is 28.1 Å². The molecule has 2 atom stereocenters. The number of aryl methyl sites for hydroxylation is 1. The van der Waals surface area contributed by atoms with Gasteiger partial charge in [0, 0.05) is 19.1 Å². The van der Waals surface area contributed by atoms with Crippen molar-refractivity contribution in [3.05, 3.63) is 17.8 Å². The van der Waals surface area contributed by atoms with Crippen molar-refractivity contribution in [1.29, 1.82) is 0 Å². The molecule has 2 heterocycles. The number of nitrogens with zero attached hydrogens (tertiary/aromatic N) is 3. The van der Waals surface area contributed by atoms with Gasteiger partial charge in [0.25, 0.3) is 0 Å². The molecule has 82 valence electrons. The van der Waals surface area contributed by atoms with Gasteiger partial charge in [-0.1, -0.05) is 6.92 Å². The Morgan fingerprint density at radius 2 is 2.33 bits per heavy atom. The van der Waals surface area contributed by atoms with Gasteiger partial charge in [-0.3, -0.25) is 0 Å². The molecule has 0 amide bonds. The molecule has 0 bridgehead atoms. The molecule has 0 aromatic carbocycles. The molecule has 1 aliphatic rings. The van der Waals surface area contributed by atoms with Gasteiger partial charge in [-0.25, -0.2) is 0 Å². The second-order valence-electron chi connectivity index (χ2n) is 4.47. The van der Waals surface area contributed by atoms with Gasteiger partial charge < -0.3 is 10.6 Å². The Labute approximate surface area is 90.5 Å².